The molecule has 0 aliphatic heterocycles. The number of pyridine rings is 1. The van der Waals surface area contributed by atoms with Crippen molar-refractivity contribution in [1.29, 1.82) is 0 Å². The lowest BCUT2D eigenvalue weighted by Gasteiger charge is -2.15. The first-order chi connectivity index (χ1) is 15.6. The van der Waals surface area contributed by atoms with Crippen LogP contribution in [0.1, 0.15) is 51.1 Å². The fraction of sp³-hybridized carbons (Fsp3) is 0.423. The van der Waals surface area contributed by atoms with Crippen molar-refractivity contribution in [3.8, 4) is 0 Å². The second-order valence-electron chi connectivity index (χ2n) is 9.33. The van der Waals surface area contributed by atoms with Crippen LogP contribution in [0.4, 0.5) is 11.6 Å². The maximum atomic E-state index is 4.81. The van der Waals surface area contributed by atoms with Gasteiger partial charge >= 0.3 is 0 Å². The van der Waals surface area contributed by atoms with Gasteiger partial charge in [-0.1, -0.05) is 12.1 Å². The molecule has 2 atom stereocenters. The van der Waals surface area contributed by atoms with E-state index in [1.807, 2.05) is 7.05 Å². The minimum Gasteiger partial charge on any atom is -0.372 e. The van der Waals surface area contributed by atoms with Gasteiger partial charge in [0.1, 0.15) is 23.6 Å². The fourth-order valence-corrected chi connectivity index (χ4v) is 5.09. The third-order valence-electron chi connectivity index (χ3n) is 6.69. The lowest BCUT2D eigenvalue weighted by Crippen LogP contribution is -2.10. The van der Waals surface area contributed by atoms with Crippen molar-refractivity contribution in [1.82, 2.24) is 19.5 Å². The Kier molecular flexibility index (Phi) is 5.68. The summed E-state index contributed by atoms with van der Waals surface area (Å²) < 4.78 is 2.36. The number of nitrogens with one attached hydrogen (secondary N) is 2. The van der Waals surface area contributed by atoms with Gasteiger partial charge in [-0.05, 0) is 81.7 Å². The Morgan fingerprint density at radius 1 is 1.09 bits per heavy atom. The topological polar surface area (TPSA) is 67.7 Å². The van der Waals surface area contributed by atoms with E-state index >= 15 is 0 Å². The number of aryl methyl sites for hydroxylation is 1. The molecule has 1 aromatic carbocycles. The highest BCUT2D eigenvalue weighted by molar-refractivity contribution is 5.87. The monoisotopic (exact) mass is 428 g/mol. The average molecular weight is 429 g/mol. The molecule has 3 heterocycles. The summed E-state index contributed by atoms with van der Waals surface area (Å²) in [4.78, 5) is 13.7. The summed E-state index contributed by atoms with van der Waals surface area (Å²) in [5.74, 6) is 2.60. The van der Waals surface area contributed by atoms with Gasteiger partial charge in [0.05, 0.1) is 10.9 Å². The van der Waals surface area contributed by atoms with Crippen LogP contribution in [-0.2, 0) is 6.42 Å². The number of anilines is 2. The highest BCUT2D eigenvalue weighted by atomic mass is 15.1. The first-order valence-electron chi connectivity index (χ1n) is 11.8. The first kappa shape index (κ1) is 20.7. The first-order valence-corrected chi connectivity index (χ1v) is 11.8. The summed E-state index contributed by atoms with van der Waals surface area (Å²) in [5.41, 5.74) is 3.51. The number of aromatic nitrogens is 4. The molecule has 2 N–H and O–H groups in total. The molecule has 0 saturated heterocycles. The SMILES string of the molecule is CNc1ncnc2c1ccn2C1CC[C@@H](CCc2ccc3ccc(NC(C)C)nc3c2)C1. The molecule has 1 fully saturated rings. The van der Waals surface area contributed by atoms with Crippen molar-refractivity contribution < 1.29 is 0 Å². The standard InChI is InChI=1S/C26H32N6/c1-17(2)30-24-11-9-20-8-6-19(15-23(20)31-24)5-4-18-7-10-21(14-18)32-13-12-22-25(27-3)28-16-29-26(22)32/h6,8-9,11-13,15-18,21H,4-5,7,10,14H2,1-3H3,(H,30,31)(H,27,28,29)/t18-,21?/m1/s1. The predicted molar refractivity (Wildman–Crippen MR) is 132 cm³/mol. The van der Waals surface area contributed by atoms with Crippen molar-refractivity contribution in [3.05, 3.63) is 54.5 Å². The quantitative estimate of drug-likeness (QED) is 0.388. The van der Waals surface area contributed by atoms with Gasteiger partial charge < -0.3 is 15.2 Å². The predicted octanol–water partition coefficient (Wildman–Crippen LogP) is 5.82. The van der Waals surface area contributed by atoms with Crippen LogP contribution in [0.25, 0.3) is 21.9 Å². The molecule has 0 amide bonds. The molecular formula is C26H32N6. The normalized spacial score (nSPS) is 18.6. The Balaban J connectivity index is 1.25. The van der Waals surface area contributed by atoms with Gasteiger partial charge in [0.25, 0.3) is 0 Å². The number of rotatable bonds is 7. The van der Waals surface area contributed by atoms with Gasteiger partial charge in [-0.2, -0.15) is 0 Å². The van der Waals surface area contributed by atoms with E-state index in [9.17, 15) is 0 Å². The second kappa shape index (κ2) is 8.77. The number of benzene rings is 1. The van der Waals surface area contributed by atoms with E-state index in [0.29, 0.717) is 12.1 Å². The second-order valence-corrected chi connectivity index (χ2v) is 9.33. The van der Waals surface area contributed by atoms with Gasteiger partial charge in [-0.25, -0.2) is 15.0 Å². The van der Waals surface area contributed by atoms with Crippen molar-refractivity contribution in [2.75, 3.05) is 17.7 Å². The molecule has 1 saturated carbocycles. The van der Waals surface area contributed by atoms with E-state index in [-0.39, 0.29) is 0 Å². The van der Waals surface area contributed by atoms with Crippen LogP contribution in [0.15, 0.2) is 48.9 Å². The Morgan fingerprint density at radius 2 is 1.97 bits per heavy atom. The van der Waals surface area contributed by atoms with E-state index in [2.05, 4.69) is 81.6 Å². The molecule has 4 aromatic rings. The van der Waals surface area contributed by atoms with Gasteiger partial charge in [-0.3, -0.25) is 0 Å². The van der Waals surface area contributed by atoms with Gasteiger partial charge in [0.15, 0.2) is 0 Å². The van der Waals surface area contributed by atoms with E-state index < -0.39 is 0 Å². The van der Waals surface area contributed by atoms with Gasteiger partial charge in [0.2, 0.25) is 0 Å². The number of hydrogen-bond acceptors (Lipinski definition) is 5. The molecule has 0 radical (unpaired) electrons. The van der Waals surface area contributed by atoms with Crippen molar-refractivity contribution in [2.24, 2.45) is 5.92 Å². The molecule has 3 aromatic heterocycles. The molecule has 1 aliphatic carbocycles. The molecule has 6 heteroatoms. The summed E-state index contributed by atoms with van der Waals surface area (Å²) in [6.45, 7) is 4.28. The number of hydrogen-bond donors (Lipinski definition) is 2. The van der Waals surface area contributed by atoms with E-state index in [4.69, 9.17) is 4.98 Å². The van der Waals surface area contributed by atoms with E-state index in [1.54, 1.807) is 6.33 Å². The smallest absolute Gasteiger partial charge is 0.145 e. The Labute approximate surface area is 189 Å². The van der Waals surface area contributed by atoms with E-state index in [1.165, 1.54) is 36.6 Å². The highest BCUT2D eigenvalue weighted by Crippen LogP contribution is 2.39. The molecule has 1 aliphatic rings. The summed E-state index contributed by atoms with van der Waals surface area (Å²) in [6.07, 6.45) is 9.89. The fourth-order valence-electron chi connectivity index (χ4n) is 5.09. The largest absolute Gasteiger partial charge is 0.372 e. The minimum absolute atomic E-state index is 0.382. The van der Waals surface area contributed by atoms with Crippen LogP contribution in [0.5, 0.6) is 0 Å². The summed E-state index contributed by atoms with van der Waals surface area (Å²) in [5, 5.41) is 8.88. The molecule has 5 rings (SSSR count). The van der Waals surface area contributed by atoms with Crippen LogP contribution in [0, 0.1) is 5.92 Å². The lowest BCUT2D eigenvalue weighted by molar-refractivity contribution is 0.461. The molecule has 6 nitrogen and oxygen atoms in total. The third kappa shape index (κ3) is 4.14. The van der Waals surface area contributed by atoms with Gasteiger partial charge in [0, 0.05) is 30.7 Å². The van der Waals surface area contributed by atoms with Crippen LogP contribution in [0.2, 0.25) is 0 Å². The van der Waals surface area contributed by atoms with Crippen LogP contribution >= 0.6 is 0 Å². The maximum Gasteiger partial charge on any atom is 0.145 e. The zero-order valence-electron chi connectivity index (χ0n) is 19.2. The molecule has 1 unspecified atom stereocenters. The molecule has 32 heavy (non-hydrogen) atoms. The zero-order valence-corrected chi connectivity index (χ0v) is 19.2. The number of fused-ring (bicyclic) bond motifs is 2. The van der Waals surface area contributed by atoms with Crippen molar-refractivity contribution in [3.63, 3.8) is 0 Å². The summed E-state index contributed by atoms with van der Waals surface area (Å²) >= 11 is 0. The zero-order chi connectivity index (χ0) is 22.1. The van der Waals surface area contributed by atoms with Crippen molar-refractivity contribution in [2.45, 2.75) is 58.0 Å². The maximum absolute atomic E-state index is 4.81. The minimum atomic E-state index is 0.382. The third-order valence-corrected chi connectivity index (χ3v) is 6.69. The lowest BCUT2D eigenvalue weighted by atomic mass is 9.97. The van der Waals surface area contributed by atoms with Crippen LogP contribution < -0.4 is 10.6 Å². The molecule has 0 bridgehead atoms. The van der Waals surface area contributed by atoms with E-state index in [0.717, 1.165) is 40.5 Å². The van der Waals surface area contributed by atoms with Crippen molar-refractivity contribution >= 4 is 33.6 Å². The molecule has 0 spiro atoms. The highest BCUT2D eigenvalue weighted by Gasteiger charge is 2.27. The van der Waals surface area contributed by atoms with Gasteiger partial charge in [-0.15, -0.1) is 0 Å². The Morgan fingerprint density at radius 3 is 2.81 bits per heavy atom. The summed E-state index contributed by atoms with van der Waals surface area (Å²) in [7, 11) is 1.91. The number of nitrogens with zero attached hydrogens (tertiary/aromatic N) is 4. The molecule has 166 valence electrons. The Hall–Kier alpha value is -3.15. The van der Waals surface area contributed by atoms with Crippen LogP contribution in [-0.4, -0.2) is 32.6 Å². The molecular weight excluding hydrogens is 396 g/mol. The Bertz CT molecular complexity index is 1230. The van der Waals surface area contributed by atoms with Crippen LogP contribution in [0.3, 0.4) is 0 Å². The average Bonchev–Trinajstić information content (AvgIpc) is 3.43. The summed E-state index contributed by atoms with van der Waals surface area (Å²) in [6, 6.07) is 14.0.